The zero-order chi connectivity index (χ0) is 14.1. The normalized spacial score (nSPS) is 13.9. The maximum Gasteiger partial charge on any atom is 0.258 e. The molecule has 0 saturated heterocycles. The molecule has 3 rings (SSSR count). The number of hydrogen-bond acceptors (Lipinski definition) is 4. The van der Waals surface area contributed by atoms with E-state index in [0.717, 1.165) is 17.0 Å². The van der Waals surface area contributed by atoms with Gasteiger partial charge in [-0.25, -0.2) is 4.98 Å². The maximum absolute atomic E-state index is 12.2. The summed E-state index contributed by atoms with van der Waals surface area (Å²) in [5, 5.41) is 4.14. The highest BCUT2D eigenvalue weighted by Crippen LogP contribution is 2.28. The first-order chi connectivity index (χ1) is 9.63. The Morgan fingerprint density at radius 1 is 1.40 bits per heavy atom. The Morgan fingerprint density at radius 3 is 3.00 bits per heavy atom. The average molecular weight is 329 g/mol. The lowest BCUT2D eigenvalue weighted by atomic mass is 10.2. The third kappa shape index (κ3) is 2.81. The van der Waals surface area contributed by atoms with Crippen molar-refractivity contribution in [3.05, 3.63) is 44.4 Å². The number of thiazole rings is 1. The van der Waals surface area contributed by atoms with E-state index in [0.29, 0.717) is 34.0 Å². The molecule has 2 heterocycles. The number of benzene rings is 1. The molecule has 0 bridgehead atoms. The van der Waals surface area contributed by atoms with Gasteiger partial charge in [0.2, 0.25) is 0 Å². The number of carbonyl (C=O) groups is 1. The molecule has 7 heteroatoms. The van der Waals surface area contributed by atoms with Gasteiger partial charge in [0.25, 0.3) is 5.91 Å². The Kier molecular flexibility index (Phi) is 3.94. The summed E-state index contributed by atoms with van der Waals surface area (Å²) in [6.45, 7) is 1.23. The van der Waals surface area contributed by atoms with Crippen molar-refractivity contribution in [2.24, 2.45) is 0 Å². The standard InChI is InChI=1S/C13H10Cl2N2O2S/c14-7-1-2-8(9(15)5-7)12(18)17-13-16-10-3-4-19-6-11(10)20-13/h1-2,5H,3-4,6H2,(H,16,17,18). The molecule has 0 aliphatic carbocycles. The van der Waals surface area contributed by atoms with Gasteiger partial charge in [0, 0.05) is 11.4 Å². The van der Waals surface area contributed by atoms with E-state index in [1.54, 1.807) is 18.2 Å². The van der Waals surface area contributed by atoms with Crippen LogP contribution in [0.15, 0.2) is 18.2 Å². The third-order valence-corrected chi connectivity index (χ3v) is 4.43. The van der Waals surface area contributed by atoms with E-state index < -0.39 is 0 Å². The number of aromatic nitrogens is 1. The summed E-state index contributed by atoms with van der Waals surface area (Å²) in [6.07, 6.45) is 0.781. The molecule has 1 amide bonds. The van der Waals surface area contributed by atoms with Gasteiger partial charge in [-0.05, 0) is 18.2 Å². The minimum Gasteiger partial charge on any atom is -0.375 e. The van der Waals surface area contributed by atoms with E-state index in [1.807, 2.05) is 0 Å². The van der Waals surface area contributed by atoms with E-state index in [2.05, 4.69) is 10.3 Å². The molecule has 0 saturated carbocycles. The highest BCUT2D eigenvalue weighted by atomic mass is 35.5. The number of nitrogens with zero attached hydrogens (tertiary/aromatic N) is 1. The van der Waals surface area contributed by atoms with Crippen molar-refractivity contribution >= 4 is 45.6 Å². The van der Waals surface area contributed by atoms with Crippen molar-refractivity contribution in [1.82, 2.24) is 4.98 Å². The van der Waals surface area contributed by atoms with E-state index in [1.165, 1.54) is 11.3 Å². The Hall–Kier alpha value is -1.14. The van der Waals surface area contributed by atoms with Crippen LogP contribution in [0.3, 0.4) is 0 Å². The second kappa shape index (κ2) is 5.69. The minimum absolute atomic E-state index is 0.293. The van der Waals surface area contributed by atoms with Crippen LogP contribution in [0, 0.1) is 0 Å². The summed E-state index contributed by atoms with van der Waals surface area (Å²) in [5.74, 6) is -0.293. The molecule has 0 spiro atoms. The number of ether oxygens (including phenoxy) is 1. The van der Waals surface area contributed by atoms with Crippen LogP contribution >= 0.6 is 34.5 Å². The van der Waals surface area contributed by atoms with Gasteiger partial charge in [0.05, 0.1) is 34.4 Å². The molecule has 0 radical (unpaired) electrons. The molecule has 0 fully saturated rings. The van der Waals surface area contributed by atoms with Crippen molar-refractivity contribution in [3.8, 4) is 0 Å². The first kappa shape index (κ1) is 13.8. The number of halogens is 2. The summed E-state index contributed by atoms with van der Waals surface area (Å²) in [4.78, 5) is 17.6. The molecule has 1 aromatic carbocycles. The predicted molar refractivity (Wildman–Crippen MR) is 79.9 cm³/mol. The molecular weight excluding hydrogens is 319 g/mol. The lowest BCUT2D eigenvalue weighted by Crippen LogP contribution is -2.12. The minimum atomic E-state index is -0.293. The molecule has 0 atom stereocenters. The molecule has 1 aliphatic rings. The Morgan fingerprint density at radius 2 is 2.25 bits per heavy atom. The van der Waals surface area contributed by atoms with Crippen molar-refractivity contribution in [2.75, 3.05) is 11.9 Å². The predicted octanol–water partition coefficient (Wildman–Crippen LogP) is 3.77. The smallest absolute Gasteiger partial charge is 0.258 e. The van der Waals surface area contributed by atoms with Crippen molar-refractivity contribution in [3.63, 3.8) is 0 Å². The van der Waals surface area contributed by atoms with E-state index >= 15 is 0 Å². The average Bonchev–Trinajstić information content (AvgIpc) is 2.80. The lowest BCUT2D eigenvalue weighted by molar-refractivity contribution is 0.102. The van der Waals surface area contributed by atoms with Crippen LogP contribution in [-0.2, 0) is 17.8 Å². The molecule has 4 nitrogen and oxygen atoms in total. The fraction of sp³-hybridized carbons (Fsp3) is 0.231. The second-order valence-electron chi connectivity index (χ2n) is 4.27. The Labute approximate surface area is 129 Å². The van der Waals surface area contributed by atoms with Crippen LogP contribution < -0.4 is 5.32 Å². The van der Waals surface area contributed by atoms with E-state index in [-0.39, 0.29) is 5.91 Å². The first-order valence-electron chi connectivity index (χ1n) is 5.96. The van der Waals surface area contributed by atoms with E-state index in [9.17, 15) is 4.79 Å². The number of rotatable bonds is 2. The van der Waals surface area contributed by atoms with Crippen LogP contribution in [0.25, 0.3) is 0 Å². The molecule has 1 aliphatic heterocycles. The third-order valence-electron chi connectivity index (χ3n) is 2.89. The Bertz CT molecular complexity index is 649. The van der Waals surface area contributed by atoms with Crippen molar-refractivity contribution in [1.29, 1.82) is 0 Å². The Balaban J connectivity index is 1.80. The number of nitrogens with one attached hydrogen (secondary N) is 1. The maximum atomic E-state index is 12.2. The van der Waals surface area contributed by atoms with Gasteiger partial charge in [0.15, 0.2) is 5.13 Å². The molecule has 20 heavy (non-hydrogen) atoms. The van der Waals surface area contributed by atoms with Gasteiger partial charge in [-0.2, -0.15) is 0 Å². The van der Waals surface area contributed by atoms with Gasteiger partial charge in [-0.1, -0.05) is 34.5 Å². The zero-order valence-electron chi connectivity index (χ0n) is 10.3. The summed E-state index contributed by atoms with van der Waals surface area (Å²) in [6, 6.07) is 4.76. The lowest BCUT2D eigenvalue weighted by Gasteiger charge is -2.08. The van der Waals surface area contributed by atoms with Crippen LogP contribution in [0.1, 0.15) is 20.9 Å². The topological polar surface area (TPSA) is 51.2 Å². The highest BCUT2D eigenvalue weighted by Gasteiger charge is 2.18. The molecule has 0 unspecified atom stereocenters. The summed E-state index contributed by atoms with van der Waals surface area (Å²) in [5.41, 5.74) is 1.37. The van der Waals surface area contributed by atoms with Crippen LogP contribution in [-0.4, -0.2) is 17.5 Å². The second-order valence-corrected chi connectivity index (χ2v) is 6.20. The first-order valence-corrected chi connectivity index (χ1v) is 7.53. The molecule has 1 N–H and O–H groups in total. The molecular formula is C13H10Cl2N2O2S. The van der Waals surface area contributed by atoms with E-state index in [4.69, 9.17) is 27.9 Å². The fourth-order valence-electron chi connectivity index (χ4n) is 1.92. The van der Waals surface area contributed by atoms with Gasteiger partial charge >= 0.3 is 0 Å². The van der Waals surface area contributed by atoms with Gasteiger partial charge in [0.1, 0.15) is 0 Å². The summed E-state index contributed by atoms with van der Waals surface area (Å²) in [7, 11) is 0. The number of hydrogen-bond donors (Lipinski definition) is 1. The zero-order valence-corrected chi connectivity index (χ0v) is 12.6. The van der Waals surface area contributed by atoms with Crippen LogP contribution in [0.4, 0.5) is 5.13 Å². The van der Waals surface area contributed by atoms with Crippen molar-refractivity contribution in [2.45, 2.75) is 13.0 Å². The summed E-state index contributed by atoms with van der Waals surface area (Å²) >= 11 is 13.2. The highest BCUT2D eigenvalue weighted by molar-refractivity contribution is 7.15. The van der Waals surface area contributed by atoms with Crippen LogP contribution in [0.2, 0.25) is 10.0 Å². The molecule has 1 aromatic heterocycles. The largest absolute Gasteiger partial charge is 0.375 e. The molecule has 104 valence electrons. The monoisotopic (exact) mass is 328 g/mol. The molecule has 2 aromatic rings. The number of amides is 1. The quantitative estimate of drug-likeness (QED) is 0.912. The van der Waals surface area contributed by atoms with Crippen molar-refractivity contribution < 1.29 is 9.53 Å². The van der Waals surface area contributed by atoms with Crippen LogP contribution in [0.5, 0.6) is 0 Å². The fourth-order valence-corrected chi connectivity index (χ4v) is 3.35. The van der Waals surface area contributed by atoms with Gasteiger partial charge < -0.3 is 4.74 Å². The number of fused-ring (bicyclic) bond motifs is 1. The van der Waals surface area contributed by atoms with Gasteiger partial charge in [-0.3, -0.25) is 10.1 Å². The summed E-state index contributed by atoms with van der Waals surface area (Å²) < 4.78 is 5.35. The van der Waals surface area contributed by atoms with Gasteiger partial charge in [-0.15, -0.1) is 0 Å². The SMILES string of the molecule is O=C(Nc1nc2c(s1)COCC2)c1ccc(Cl)cc1Cl. The number of anilines is 1. The number of carbonyl (C=O) groups excluding carboxylic acids is 1.